The maximum atomic E-state index is 12.5. The summed E-state index contributed by atoms with van der Waals surface area (Å²) in [4.78, 5) is 26.2. The summed E-state index contributed by atoms with van der Waals surface area (Å²) < 4.78 is 15.6. The molecule has 7 nitrogen and oxygen atoms in total. The van der Waals surface area contributed by atoms with Crippen molar-refractivity contribution in [2.45, 2.75) is 44.6 Å². The largest absolute Gasteiger partial charge is 0.467 e. The second-order valence-electron chi connectivity index (χ2n) is 6.79. The molecule has 0 aliphatic carbocycles. The van der Waals surface area contributed by atoms with E-state index in [2.05, 4.69) is 0 Å². The fourth-order valence-electron chi connectivity index (χ4n) is 3.29. The molecule has 7 heteroatoms. The summed E-state index contributed by atoms with van der Waals surface area (Å²) in [5, 5.41) is 10.9. The molecule has 0 spiro atoms. The average Bonchev–Trinajstić information content (AvgIpc) is 2.87. The third-order valence-electron chi connectivity index (χ3n) is 4.23. The predicted molar refractivity (Wildman–Crippen MR) is 72.2 cm³/mol. The Bertz CT molecular complexity index is 459. The van der Waals surface area contributed by atoms with Crippen molar-refractivity contribution in [2.75, 3.05) is 27.4 Å². The number of fused-ring (bicyclic) bond motifs is 1. The number of methoxy groups -OCH3 is 2. The van der Waals surface area contributed by atoms with Crippen LogP contribution in [0.3, 0.4) is 0 Å². The van der Waals surface area contributed by atoms with Crippen LogP contribution in [0.4, 0.5) is 0 Å². The van der Waals surface area contributed by atoms with Gasteiger partial charge in [0.25, 0.3) is 0 Å². The molecular weight excluding hydrogens is 278 g/mol. The van der Waals surface area contributed by atoms with Gasteiger partial charge in [0.15, 0.2) is 5.54 Å². The summed E-state index contributed by atoms with van der Waals surface area (Å²) >= 11 is 0. The maximum Gasteiger partial charge on any atom is 0.337 e. The molecule has 2 heterocycles. The van der Waals surface area contributed by atoms with Gasteiger partial charge in [-0.2, -0.15) is 0 Å². The van der Waals surface area contributed by atoms with E-state index >= 15 is 0 Å². The molecule has 120 valence electrons. The van der Waals surface area contributed by atoms with Crippen molar-refractivity contribution < 1.29 is 28.9 Å². The SMILES string of the molecule is COC[C@@]1(O)CC(=O)N2[C@@H](C(C)(C)C)OC[C@@]21C(=O)OC. The number of hydrogen-bond acceptors (Lipinski definition) is 6. The van der Waals surface area contributed by atoms with E-state index in [0.29, 0.717) is 0 Å². The van der Waals surface area contributed by atoms with Crippen molar-refractivity contribution in [3.8, 4) is 0 Å². The molecule has 3 atom stereocenters. The zero-order chi connectivity index (χ0) is 16.1. The highest BCUT2D eigenvalue weighted by Crippen LogP contribution is 2.49. The van der Waals surface area contributed by atoms with Crippen molar-refractivity contribution in [3.63, 3.8) is 0 Å². The third-order valence-corrected chi connectivity index (χ3v) is 4.23. The molecule has 0 aromatic rings. The van der Waals surface area contributed by atoms with Crippen LogP contribution < -0.4 is 0 Å². The number of carbonyl (C=O) groups excluding carboxylic acids is 2. The number of carbonyl (C=O) groups is 2. The number of nitrogens with zero attached hydrogens (tertiary/aromatic N) is 1. The number of rotatable bonds is 3. The van der Waals surface area contributed by atoms with Crippen molar-refractivity contribution in [1.29, 1.82) is 0 Å². The summed E-state index contributed by atoms with van der Waals surface area (Å²) in [7, 11) is 2.64. The van der Waals surface area contributed by atoms with E-state index < -0.39 is 28.8 Å². The van der Waals surface area contributed by atoms with Gasteiger partial charge in [0, 0.05) is 12.5 Å². The van der Waals surface area contributed by atoms with Gasteiger partial charge in [-0.05, 0) is 0 Å². The Morgan fingerprint density at radius 1 is 1.48 bits per heavy atom. The van der Waals surface area contributed by atoms with Crippen LogP contribution in [0.1, 0.15) is 27.2 Å². The van der Waals surface area contributed by atoms with E-state index in [9.17, 15) is 14.7 Å². The normalized spacial score (nSPS) is 36.0. The highest BCUT2D eigenvalue weighted by atomic mass is 16.6. The lowest BCUT2D eigenvalue weighted by atomic mass is 9.81. The molecule has 0 unspecified atom stereocenters. The summed E-state index contributed by atoms with van der Waals surface area (Å²) in [6.45, 7) is 5.47. The lowest BCUT2D eigenvalue weighted by Gasteiger charge is -2.40. The molecule has 0 aromatic carbocycles. The molecule has 0 bridgehead atoms. The van der Waals surface area contributed by atoms with E-state index in [-0.39, 0.29) is 25.5 Å². The smallest absolute Gasteiger partial charge is 0.337 e. The van der Waals surface area contributed by atoms with Gasteiger partial charge < -0.3 is 19.3 Å². The van der Waals surface area contributed by atoms with E-state index in [1.165, 1.54) is 19.1 Å². The minimum Gasteiger partial charge on any atom is -0.467 e. The lowest BCUT2D eigenvalue weighted by Crippen LogP contribution is -2.66. The van der Waals surface area contributed by atoms with Gasteiger partial charge in [-0.15, -0.1) is 0 Å². The van der Waals surface area contributed by atoms with Crippen molar-refractivity contribution in [1.82, 2.24) is 4.90 Å². The topological polar surface area (TPSA) is 85.3 Å². The summed E-state index contributed by atoms with van der Waals surface area (Å²) in [5.74, 6) is -1.02. The van der Waals surface area contributed by atoms with Gasteiger partial charge in [0.1, 0.15) is 11.8 Å². The molecule has 21 heavy (non-hydrogen) atoms. The van der Waals surface area contributed by atoms with Gasteiger partial charge in [0.05, 0.1) is 26.7 Å². The molecule has 1 amide bonds. The summed E-state index contributed by atoms with van der Waals surface area (Å²) in [6.07, 6.45) is -0.790. The fourth-order valence-corrected chi connectivity index (χ4v) is 3.29. The summed E-state index contributed by atoms with van der Waals surface area (Å²) in [6, 6.07) is 0. The lowest BCUT2D eigenvalue weighted by molar-refractivity contribution is -0.172. The van der Waals surface area contributed by atoms with Crippen LogP contribution in [-0.2, 0) is 23.8 Å². The van der Waals surface area contributed by atoms with Crippen LogP contribution in [-0.4, -0.2) is 66.7 Å². The van der Waals surface area contributed by atoms with Crippen molar-refractivity contribution in [2.24, 2.45) is 5.41 Å². The first-order valence-electron chi connectivity index (χ1n) is 6.87. The Kier molecular flexibility index (Phi) is 3.80. The molecule has 2 saturated heterocycles. The summed E-state index contributed by atoms with van der Waals surface area (Å²) in [5.41, 5.74) is -3.61. The second-order valence-corrected chi connectivity index (χ2v) is 6.79. The number of hydrogen-bond donors (Lipinski definition) is 1. The Labute approximate surface area is 124 Å². The van der Waals surface area contributed by atoms with E-state index in [1.54, 1.807) is 0 Å². The number of amides is 1. The second kappa shape index (κ2) is 4.93. The van der Waals surface area contributed by atoms with Crippen LogP contribution in [0.15, 0.2) is 0 Å². The van der Waals surface area contributed by atoms with Crippen LogP contribution in [0, 0.1) is 5.41 Å². The predicted octanol–water partition coefficient (Wildman–Crippen LogP) is -0.0896. The minimum atomic E-state index is -1.66. The van der Waals surface area contributed by atoms with Gasteiger partial charge in [0.2, 0.25) is 5.91 Å². The molecule has 2 rings (SSSR count). The minimum absolute atomic E-state index is 0.104. The average molecular weight is 301 g/mol. The Hall–Kier alpha value is -1.18. The maximum absolute atomic E-state index is 12.5. The van der Waals surface area contributed by atoms with Crippen LogP contribution >= 0.6 is 0 Å². The Morgan fingerprint density at radius 3 is 2.57 bits per heavy atom. The van der Waals surface area contributed by atoms with Crippen LogP contribution in [0.5, 0.6) is 0 Å². The van der Waals surface area contributed by atoms with E-state index in [4.69, 9.17) is 14.2 Å². The Morgan fingerprint density at radius 2 is 2.10 bits per heavy atom. The van der Waals surface area contributed by atoms with Gasteiger partial charge in [-0.25, -0.2) is 4.79 Å². The zero-order valence-corrected chi connectivity index (χ0v) is 13.1. The number of aliphatic hydroxyl groups is 1. The first-order valence-corrected chi connectivity index (χ1v) is 6.87. The van der Waals surface area contributed by atoms with Crippen LogP contribution in [0.2, 0.25) is 0 Å². The van der Waals surface area contributed by atoms with E-state index in [1.807, 2.05) is 20.8 Å². The molecule has 2 aliphatic heterocycles. The van der Waals surface area contributed by atoms with Gasteiger partial charge >= 0.3 is 5.97 Å². The van der Waals surface area contributed by atoms with Crippen molar-refractivity contribution in [3.05, 3.63) is 0 Å². The first kappa shape index (κ1) is 16.2. The van der Waals surface area contributed by atoms with Crippen LogP contribution in [0.25, 0.3) is 0 Å². The standard InChI is InChI=1S/C14H23NO6/c1-12(2,3)10-15-9(16)6-13(18,7-19-4)14(15,8-21-10)11(17)20-5/h10,18H,6-8H2,1-5H3/t10-,13+,14+/m1/s1. The Balaban J connectivity index is 2.55. The highest BCUT2D eigenvalue weighted by molar-refractivity contribution is 5.95. The molecule has 0 radical (unpaired) electrons. The van der Waals surface area contributed by atoms with Gasteiger partial charge in [-0.1, -0.05) is 20.8 Å². The molecule has 0 aromatic heterocycles. The molecule has 0 saturated carbocycles. The first-order chi connectivity index (χ1) is 9.64. The fraction of sp³-hybridized carbons (Fsp3) is 0.857. The van der Waals surface area contributed by atoms with Gasteiger partial charge in [-0.3, -0.25) is 9.69 Å². The third kappa shape index (κ3) is 2.06. The highest BCUT2D eigenvalue weighted by Gasteiger charge is 2.73. The molecular formula is C14H23NO6. The zero-order valence-electron chi connectivity index (χ0n) is 13.1. The van der Waals surface area contributed by atoms with Crippen molar-refractivity contribution >= 4 is 11.9 Å². The quantitative estimate of drug-likeness (QED) is 0.733. The number of esters is 1. The molecule has 1 N–H and O–H groups in total. The van der Waals surface area contributed by atoms with E-state index in [0.717, 1.165) is 0 Å². The number of ether oxygens (including phenoxy) is 3. The monoisotopic (exact) mass is 301 g/mol. The molecule has 2 aliphatic rings. The molecule has 2 fully saturated rings.